The molecular weight excluding hydrogens is 416 g/mol. The van der Waals surface area contributed by atoms with E-state index in [0.717, 1.165) is 12.3 Å². The van der Waals surface area contributed by atoms with E-state index in [1.165, 1.54) is 24.3 Å². The fourth-order valence-electron chi connectivity index (χ4n) is 2.03. The first kappa shape index (κ1) is 20.3. The summed E-state index contributed by atoms with van der Waals surface area (Å²) in [6.07, 6.45) is -3.79. The van der Waals surface area contributed by atoms with Crippen molar-refractivity contribution in [1.29, 1.82) is 0 Å². The van der Waals surface area contributed by atoms with Crippen molar-refractivity contribution in [2.75, 3.05) is 16.3 Å². The van der Waals surface area contributed by atoms with Crippen LogP contribution in [0.4, 0.5) is 24.5 Å². The Balaban J connectivity index is 2.32. The van der Waals surface area contributed by atoms with Crippen LogP contribution in [0.5, 0.6) is 0 Å². The number of carbonyl (C=O) groups excluding carboxylic acids is 1. The van der Waals surface area contributed by atoms with E-state index in [4.69, 9.17) is 23.2 Å². The fourth-order valence-corrected chi connectivity index (χ4v) is 3.02. The number of hydrogen-bond donors (Lipinski definition) is 2. The summed E-state index contributed by atoms with van der Waals surface area (Å²) in [5.74, 6) is -0.895. The van der Waals surface area contributed by atoms with Crippen LogP contribution >= 0.6 is 23.2 Å². The van der Waals surface area contributed by atoms with Gasteiger partial charge in [-0.15, -0.1) is 0 Å². The molecule has 0 unspecified atom stereocenters. The second-order valence-electron chi connectivity index (χ2n) is 5.21. The van der Waals surface area contributed by atoms with Gasteiger partial charge in [-0.3, -0.25) is 9.52 Å². The minimum absolute atomic E-state index is 0.108. The Kier molecular flexibility index (Phi) is 5.74. The molecule has 2 rings (SSSR count). The molecule has 2 aromatic carbocycles. The van der Waals surface area contributed by atoms with E-state index in [1.54, 1.807) is 0 Å². The lowest BCUT2D eigenvalue weighted by atomic mass is 10.1. The number of nitrogens with one attached hydrogen (secondary N) is 2. The number of rotatable bonds is 4. The van der Waals surface area contributed by atoms with Gasteiger partial charge in [-0.25, -0.2) is 8.42 Å². The normalized spacial score (nSPS) is 11.9. The molecule has 0 aromatic heterocycles. The predicted molar refractivity (Wildman–Crippen MR) is 94.3 cm³/mol. The summed E-state index contributed by atoms with van der Waals surface area (Å²) in [7, 11) is -3.55. The van der Waals surface area contributed by atoms with Crippen LogP contribution in [0.15, 0.2) is 36.4 Å². The average molecular weight is 427 g/mol. The SMILES string of the molecule is CS(=O)(=O)Nc1ccc(C(=O)Nc2ccc(Cl)cc2C(F)(F)F)c(Cl)c1. The van der Waals surface area contributed by atoms with Crippen molar-refractivity contribution >= 4 is 50.5 Å². The lowest BCUT2D eigenvalue weighted by Gasteiger charge is -2.15. The molecule has 2 N–H and O–H groups in total. The highest BCUT2D eigenvalue weighted by atomic mass is 35.5. The van der Waals surface area contributed by atoms with Crippen molar-refractivity contribution in [1.82, 2.24) is 0 Å². The third-order valence-corrected chi connectivity index (χ3v) is 4.21. The Bertz CT molecular complexity index is 963. The maximum absolute atomic E-state index is 13.1. The van der Waals surface area contributed by atoms with Crippen LogP contribution in [0.25, 0.3) is 0 Å². The van der Waals surface area contributed by atoms with Crippen LogP contribution in [0.2, 0.25) is 10.0 Å². The van der Waals surface area contributed by atoms with Crippen LogP contribution in [0.3, 0.4) is 0 Å². The van der Waals surface area contributed by atoms with Crippen LogP contribution in [-0.4, -0.2) is 20.6 Å². The smallest absolute Gasteiger partial charge is 0.321 e. The van der Waals surface area contributed by atoms with Crippen molar-refractivity contribution in [3.8, 4) is 0 Å². The standard InChI is InChI=1S/C15H11Cl2F3N2O3S/c1-26(24,25)22-9-3-4-10(12(17)7-9)14(23)21-13-5-2-8(16)6-11(13)15(18,19)20/h2-7,22H,1H3,(H,21,23). The summed E-state index contributed by atoms with van der Waals surface area (Å²) < 4.78 is 63.7. The summed E-state index contributed by atoms with van der Waals surface area (Å²) >= 11 is 11.5. The van der Waals surface area contributed by atoms with Crippen LogP contribution in [0, 0.1) is 0 Å². The number of carbonyl (C=O) groups is 1. The molecule has 0 saturated carbocycles. The van der Waals surface area contributed by atoms with Gasteiger partial charge in [-0.2, -0.15) is 13.2 Å². The summed E-state index contributed by atoms with van der Waals surface area (Å²) in [6.45, 7) is 0. The number of alkyl halides is 3. The van der Waals surface area contributed by atoms with Crippen LogP contribution in [-0.2, 0) is 16.2 Å². The molecule has 0 aliphatic heterocycles. The highest BCUT2D eigenvalue weighted by molar-refractivity contribution is 7.92. The van der Waals surface area contributed by atoms with Crippen molar-refractivity contribution < 1.29 is 26.4 Å². The Labute approximate surface area is 157 Å². The average Bonchev–Trinajstić information content (AvgIpc) is 2.46. The van der Waals surface area contributed by atoms with Gasteiger partial charge in [-0.05, 0) is 36.4 Å². The first-order valence-electron chi connectivity index (χ1n) is 6.82. The lowest BCUT2D eigenvalue weighted by molar-refractivity contribution is -0.136. The van der Waals surface area contributed by atoms with Gasteiger partial charge in [0.2, 0.25) is 10.0 Å². The predicted octanol–water partition coefficient (Wildman–Crippen LogP) is 4.64. The second-order valence-corrected chi connectivity index (χ2v) is 7.80. The van der Waals surface area contributed by atoms with Gasteiger partial charge in [0.25, 0.3) is 5.91 Å². The minimum Gasteiger partial charge on any atom is -0.321 e. The zero-order valence-corrected chi connectivity index (χ0v) is 15.3. The molecule has 26 heavy (non-hydrogen) atoms. The van der Waals surface area contributed by atoms with Crippen molar-refractivity contribution in [2.24, 2.45) is 0 Å². The number of sulfonamides is 1. The van der Waals surface area contributed by atoms with E-state index in [2.05, 4.69) is 10.0 Å². The molecule has 0 spiro atoms. The maximum atomic E-state index is 13.1. The van der Waals surface area contributed by atoms with Gasteiger partial charge in [0.05, 0.1) is 28.1 Å². The number of hydrogen-bond acceptors (Lipinski definition) is 3. The molecule has 0 bridgehead atoms. The zero-order valence-electron chi connectivity index (χ0n) is 13.0. The largest absolute Gasteiger partial charge is 0.418 e. The first-order chi connectivity index (χ1) is 11.9. The first-order valence-corrected chi connectivity index (χ1v) is 9.47. The van der Waals surface area contributed by atoms with Crippen molar-refractivity contribution in [3.63, 3.8) is 0 Å². The van der Waals surface area contributed by atoms with Gasteiger partial charge in [-0.1, -0.05) is 23.2 Å². The summed E-state index contributed by atoms with van der Waals surface area (Å²) in [4.78, 5) is 12.3. The summed E-state index contributed by atoms with van der Waals surface area (Å²) in [6, 6.07) is 6.54. The second kappa shape index (κ2) is 7.34. The molecule has 1 amide bonds. The van der Waals surface area contributed by atoms with E-state index in [0.29, 0.717) is 6.07 Å². The monoisotopic (exact) mass is 426 g/mol. The Morgan fingerprint density at radius 2 is 1.73 bits per heavy atom. The molecule has 11 heteroatoms. The van der Waals surface area contributed by atoms with E-state index in [9.17, 15) is 26.4 Å². The third-order valence-electron chi connectivity index (χ3n) is 3.05. The molecule has 0 radical (unpaired) electrons. The van der Waals surface area contributed by atoms with E-state index in [-0.39, 0.29) is 21.3 Å². The Morgan fingerprint density at radius 1 is 1.08 bits per heavy atom. The molecule has 2 aromatic rings. The number of amides is 1. The molecule has 0 aliphatic rings. The van der Waals surface area contributed by atoms with E-state index >= 15 is 0 Å². The molecule has 0 aliphatic carbocycles. The van der Waals surface area contributed by atoms with Crippen LogP contribution < -0.4 is 10.0 Å². The van der Waals surface area contributed by atoms with Gasteiger partial charge in [0.1, 0.15) is 0 Å². The molecule has 0 atom stereocenters. The molecular formula is C15H11Cl2F3N2O3S. The van der Waals surface area contributed by atoms with Gasteiger partial charge >= 0.3 is 6.18 Å². The van der Waals surface area contributed by atoms with Gasteiger partial charge in [0.15, 0.2) is 0 Å². The fraction of sp³-hybridized carbons (Fsp3) is 0.133. The number of benzene rings is 2. The van der Waals surface area contributed by atoms with Crippen LogP contribution in [0.1, 0.15) is 15.9 Å². The van der Waals surface area contributed by atoms with E-state index < -0.39 is 33.4 Å². The highest BCUT2D eigenvalue weighted by Gasteiger charge is 2.34. The minimum atomic E-state index is -4.72. The Hall–Kier alpha value is -1.97. The quantitative estimate of drug-likeness (QED) is 0.747. The number of halogens is 5. The maximum Gasteiger partial charge on any atom is 0.418 e. The number of anilines is 2. The molecule has 5 nitrogen and oxygen atoms in total. The van der Waals surface area contributed by atoms with Gasteiger partial charge < -0.3 is 5.32 Å². The van der Waals surface area contributed by atoms with Gasteiger partial charge in [0, 0.05) is 10.7 Å². The zero-order chi connectivity index (χ0) is 19.7. The lowest BCUT2D eigenvalue weighted by Crippen LogP contribution is -2.17. The highest BCUT2D eigenvalue weighted by Crippen LogP contribution is 2.37. The molecule has 0 saturated heterocycles. The molecule has 140 valence electrons. The summed E-state index contributed by atoms with van der Waals surface area (Å²) in [5, 5.41) is 1.85. The third kappa shape index (κ3) is 5.26. The van der Waals surface area contributed by atoms with E-state index in [1.807, 2.05) is 0 Å². The molecule has 0 heterocycles. The summed E-state index contributed by atoms with van der Waals surface area (Å²) in [5.41, 5.74) is -1.61. The molecule has 0 fully saturated rings. The Morgan fingerprint density at radius 3 is 2.27 bits per heavy atom. The van der Waals surface area contributed by atoms with Crippen molar-refractivity contribution in [2.45, 2.75) is 6.18 Å². The van der Waals surface area contributed by atoms with Crippen molar-refractivity contribution in [3.05, 3.63) is 57.6 Å². The topological polar surface area (TPSA) is 75.3 Å².